The van der Waals surface area contributed by atoms with Crippen LogP contribution < -0.4 is 5.32 Å². The zero-order valence-electron chi connectivity index (χ0n) is 12.8. The van der Waals surface area contributed by atoms with Gasteiger partial charge in [-0.15, -0.1) is 0 Å². The van der Waals surface area contributed by atoms with Crippen LogP contribution >= 0.6 is 0 Å². The Morgan fingerprint density at radius 3 is 2.35 bits per heavy atom. The van der Waals surface area contributed by atoms with E-state index >= 15 is 0 Å². The maximum absolute atomic E-state index is 11.4. The van der Waals surface area contributed by atoms with Crippen molar-refractivity contribution < 1.29 is 9.90 Å². The lowest BCUT2D eigenvalue weighted by Crippen LogP contribution is -2.42. The zero-order valence-corrected chi connectivity index (χ0v) is 12.8. The van der Waals surface area contributed by atoms with Crippen LogP contribution in [0.3, 0.4) is 0 Å². The van der Waals surface area contributed by atoms with Crippen LogP contribution in [0.5, 0.6) is 0 Å². The minimum Gasteiger partial charge on any atom is -0.480 e. The molecule has 1 rings (SSSR count). The van der Waals surface area contributed by atoms with Crippen LogP contribution in [0.2, 0.25) is 0 Å². The molecule has 112 valence electrons. The maximum atomic E-state index is 11.4. The second-order valence-electron chi connectivity index (χ2n) is 5.69. The number of benzene rings is 1. The molecule has 0 aliphatic heterocycles. The first kappa shape index (κ1) is 16.7. The van der Waals surface area contributed by atoms with Gasteiger partial charge in [0.2, 0.25) is 0 Å². The predicted molar refractivity (Wildman–Crippen MR) is 82.7 cm³/mol. The van der Waals surface area contributed by atoms with E-state index in [2.05, 4.69) is 24.4 Å². The Balaban J connectivity index is 2.79. The van der Waals surface area contributed by atoms with Crippen molar-refractivity contribution in [2.45, 2.75) is 58.5 Å². The Morgan fingerprint density at radius 2 is 1.85 bits per heavy atom. The van der Waals surface area contributed by atoms with Gasteiger partial charge in [0, 0.05) is 6.04 Å². The van der Waals surface area contributed by atoms with Gasteiger partial charge in [-0.1, -0.05) is 70.4 Å². The van der Waals surface area contributed by atoms with Crippen molar-refractivity contribution in [3.8, 4) is 0 Å². The van der Waals surface area contributed by atoms with Crippen molar-refractivity contribution in [2.24, 2.45) is 5.92 Å². The minimum atomic E-state index is -0.767. The summed E-state index contributed by atoms with van der Waals surface area (Å²) in [6, 6.07) is 9.77. The second kappa shape index (κ2) is 8.75. The number of aliphatic carboxylic acids is 1. The molecule has 3 heteroatoms. The van der Waals surface area contributed by atoms with Gasteiger partial charge in [0.05, 0.1) is 0 Å². The molecule has 0 aliphatic rings. The first-order chi connectivity index (χ1) is 9.56. The highest BCUT2D eigenvalue weighted by Crippen LogP contribution is 2.21. The van der Waals surface area contributed by atoms with Gasteiger partial charge in [0.1, 0.15) is 6.04 Å². The van der Waals surface area contributed by atoms with Crippen molar-refractivity contribution in [1.29, 1.82) is 0 Å². The summed E-state index contributed by atoms with van der Waals surface area (Å²) in [5.41, 5.74) is 1.18. The highest BCUT2D eigenvalue weighted by Gasteiger charge is 2.25. The Hall–Kier alpha value is -1.35. The van der Waals surface area contributed by atoms with Crippen molar-refractivity contribution in [2.75, 3.05) is 0 Å². The molecule has 20 heavy (non-hydrogen) atoms. The number of hydrogen-bond acceptors (Lipinski definition) is 2. The topological polar surface area (TPSA) is 49.3 Å². The fourth-order valence-corrected chi connectivity index (χ4v) is 2.40. The van der Waals surface area contributed by atoms with E-state index in [4.69, 9.17) is 0 Å². The lowest BCUT2D eigenvalue weighted by atomic mass is 9.96. The number of carboxylic acid groups (broad SMARTS) is 1. The Morgan fingerprint density at radius 1 is 1.20 bits per heavy atom. The van der Waals surface area contributed by atoms with Gasteiger partial charge >= 0.3 is 5.97 Å². The highest BCUT2D eigenvalue weighted by atomic mass is 16.4. The van der Waals surface area contributed by atoms with E-state index < -0.39 is 12.0 Å². The zero-order chi connectivity index (χ0) is 15.0. The van der Waals surface area contributed by atoms with Crippen LogP contribution in [0.25, 0.3) is 0 Å². The Kier molecular flexibility index (Phi) is 7.31. The van der Waals surface area contributed by atoms with E-state index in [1.165, 1.54) is 18.4 Å². The van der Waals surface area contributed by atoms with Gasteiger partial charge in [-0.2, -0.15) is 0 Å². The number of carbonyl (C=O) groups is 1. The largest absolute Gasteiger partial charge is 0.480 e. The molecule has 2 N–H and O–H groups in total. The Bertz CT molecular complexity index is 389. The van der Waals surface area contributed by atoms with Crippen LogP contribution in [0.15, 0.2) is 30.3 Å². The van der Waals surface area contributed by atoms with Gasteiger partial charge in [-0.25, -0.2) is 0 Å². The molecule has 1 aromatic rings. The Labute approximate surface area is 122 Å². The first-order valence-corrected chi connectivity index (χ1v) is 7.60. The van der Waals surface area contributed by atoms with Crippen LogP contribution in [0, 0.1) is 5.92 Å². The molecule has 3 nitrogen and oxygen atoms in total. The lowest BCUT2D eigenvalue weighted by Gasteiger charge is -2.26. The third kappa shape index (κ3) is 5.33. The molecule has 0 fully saturated rings. The van der Waals surface area contributed by atoms with E-state index in [1.54, 1.807) is 0 Å². The van der Waals surface area contributed by atoms with Gasteiger partial charge < -0.3 is 5.11 Å². The minimum absolute atomic E-state index is 0.0740. The number of hydrogen-bond donors (Lipinski definition) is 2. The molecule has 2 atom stereocenters. The second-order valence-corrected chi connectivity index (χ2v) is 5.69. The summed E-state index contributed by atoms with van der Waals surface area (Å²) in [4.78, 5) is 11.4. The first-order valence-electron chi connectivity index (χ1n) is 7.60. The molecule has 0 saturated heterocycles. The molecule has 0 saturated carbocycles. The molecule has 0 aromatic heterocycles. The highest BCUT2D eigenvalue weighted by molar-refractivity contribution is 5.73. The number of unbranched alkanes of at least 4 members (excludes halogenated alkanes) is 2. The molecular formula is C17H27NO2. The van der Waals surface area contributed by atoms with Gasteiger partial charge in [-0.3, -0.25) is 10.1 Å². The van der Waals surface area contributed by atoms with Crippen LogP contribution in [-0.2, 0) is 4.79 Å². The van der Waals surface area contributed by atoms with Crippen molar-refractivity contribution in [3.63, 3.8) is 0 Å². The van der Waals surface area contributed by atoms with Gasteiger partial charge in [-0.05, 0) is 17.9 Å². The summed E-state index contributed by atoms with van der Waals surface area (Å²) in [6.45, 7) is 6.07. The summed E-state index contributed by atoms with van der Waals surface area (Å²) < 4.78 is 0. The van der Waals surface area contributed by atoms with Gasteiger partial charge in [0.15, 0.2) is 0 Å². The maximum Gasteiger partial charge on any atom is 0.320 e. The SMILES string of the molecule is CCCCCC(NC(C(=O)O)C(C)C)c1ccccc1. The predicted octanol–water partition coefficient (Wildman–Crippen LogP) is 4.01. The van der Waals surface area contributed by atoms with E-state index in [1.807, 2.05) is 32.0 Å². The standard InChI is InChI=1S/C17H27NO2/c1-4-5-7-12-15(14-10-8-6-9-11-14)18-16(13(2)3)17(19)20/h6,8-11,13,15-16,18H,4-5,7,12H2,1-3H3,(H,19,20). The quantitative estimate of drug-likeness (QED) is 0.671. The third-order valence-corrected chi connectivity index (χ3v) is 3.61. The van der Waals surface area contributed by atoms with E-state index in [0.29, 0.717) is 0 Å². The fourth-order valence-electron chi connectivity index (χ4n) is 2.40. The van der Waals surface area contributed by atoms with Crippen molar-refractivity contribution in [3.05, 3.63) is 35.9 Å². The smallest absolute Gasteiger partial charge is 0.320 e. The van der Waals surface area contributed by atoms with Crippen LogP contribution in [-0.4, -0.2) is 17.1 Å². The average Bonchev–Trinajstić information content (AvgIpc) is 2.42. The molecule has 0 bridgehead atoms. The summed E-state index contributed by atoms with van der Waals surface area (Å²) in [6.07, 6.45) is 4.46. The average molecular weight is 277 g/mol. The molecule has 2 unspecified atom stereocenters. The molecule has 0 amide bonds. The summed E-state index contributed by atoms with van der Waals surface area (Å²) in [5, 5.41) is 12.7. The molecule has 0 heterocycles. The molecule has 0 radical (unpaired) electrons. The number of rotatable bonds is 9. The van der Waals surface area contributed by atoms with Crippen LogP contribution in [0.4, 0.5) is 0 Å². The van der Waals surface area contributed by atoms with Crippen molar-refractivity contribution >= 4 is 5.97 Å². The van der Waals surface area contributed by atoms with E-state index in [9.17, 15) is 9.90 Å². The summed E-state index contributed by atoms with van der Waals surface area (Å²) in [5.74, 6) is -0.693. The number of nitrogens with one attached hydrogen (secondary N) is 1. The summed E-state index contributed by atoms with van der Waals surface area (Å²) in [7, 11) is 0. The van der Waals surface area contributed by atoms with Crippen LogP contribution in [0.1, 0.15) is 58.1 Å². The normalized spacial score (nSPS) is 14.2. The van der Waals surface area contributed by atoms with Gasteiger partial charge in [0.25, 0.3) is 0 Å². The molecule has 0 spiro atoms. The van der Waals surface area contributed by atoms with E-state index in [-0.39, 0.29) is 12.0 Å². The number of carboxylic acids is 1. The molecule has 1 aromatic carbocycles. The fraction of sp³-hybridized carbons (Fsp3) is 0.588. The summed E-state index contributed by atoms with van der Waals surface area (Å²) >= 11 is 0. The molecule has 0 aliphatic carbocycles. The molecular weight excluding hydrogens is 250 g/mol. The monoisotopic (exact) mass is 277 g/mol. The third-order valence-electron chi connectivity index (χ3n) is 3.61. The van der Waals surface area contributed by atoms with Crippen molar-refractivity contribution in [1.82, 2.24) is 5.32 Å². The van der Waals surface area contributed by atoms with E-state index in [0.717, 1.165) is 12.8 Å². The lowest BCUT2D eigenvalue weighted by molar-refractivity contribution is -0.140.